The largest absolute Gasteiger partial charge is 0.352 e. The number of nitrogens with one attached hydrogen (secondary N) is 1. The van der Waals surface area contributed by atoms with Gasteiger partial charge in [0.2, 0.25) is 5.91 Å². The summed E-state index contributed by atoms with van der Waals surface area (Å²) in [6.45, 7) is 2.11. The number of thiophene rings is 1. The summed E-state index contributed by atoms with van der Waals surface area (Å²) in [4.78, 5) is 12.0. The molecule has 1 aromatic heterocycles. The van der Waals surface area contributed by atoms with Crippen molar-refractivity contribution in [2.24, 2.45) is 0 Å². The molecule has 0 atom stereocenters. The first-order valence-corrected chi connectivity index (χ1v) is 5.87. The molecule has 0 fully saturated rings. The zero-order chi connectivity index (χ0) is 11.4. The minimum atomic E-state index is -0.00476. The number of benzene rings is 1. The molecule has 0 aliphatic heterocycles. The van der Waals surface area contributed by atoms with Gasteiger partial charge in [-0.2, -0.15) is 0 Å². The summed E-state index contributed by atoms with van der Waals surface area (Å²) in [6.07, 6.45) is 0. The van der Waals surface area contributed by atoms with Crippen molar-refractivity contribution in [1.82, 2.24) is 5.32 Å². The van der Waals surface area contributed by atoms with Crippen molar-refractivity contribution in [2.45, 2.75) is 13.5 Å². The quantitative estimate of drug-likeness (QED) is 0.863. The number of amides is 1. The minimum Gasteiger partial charge on any atom is -0.352 e. The van der Waals surface area contributed by atoms with Crippen LogP contribution in [0.25, 0.3) is 10.4 Å². The van der Waals surface area contributed by atoms with Crippen LogP contribution < -0.4 is 5.32 Å². The van der Waals surface area contributed by atoms with Crippen molar-refractivity contribution in [2.75, 3.05) is 0 Å². The fourth-order valence-electron chi connectivity index (χ4n) is 1.46. The van der Waals surface area contributed by atoms with Gasteiger partial charge < -0.3 is 5.32 Å². The Labute approximate surface area is 98.9 Å². The molecule has 1 heterocycles. The van der Waals surface area contributed by atoms with Crippen LogP contribution in [0, 0.1) is 5.38 Å². The topological polar surface area (TPSA) is 29.1 Å². The molecule has 1 radical (unpaired) electrons. The molecule has 0 saturated carbocycles. The van der Waals surface area contributed by atoms with Crippen LogP contribution in [0.1, 0.15) is 12.5 Å². The highest BCUT2D eigenvalue weighted by Gasteiger charge is 2.00. The van der Waals surface area contributed by atoms with Crippen LogP contribution in [0.15, 0.2) is 36.4 Å². The van der Waals surface area contributed by atoms with Gasteiger partial charge in [-0.1, -0.05) is 18.2 Å². The number of rotatable bonds is 3. The highest BCUT2D eigenvalue weighted by molar-refractivity contribution is 7.13. The lowest BCUT2D eigenvalue weighted by atomic mass is 10.1. The molecular weight excluding hydrogens is 218 g/mol. The van der Waals surface area contributed by atoms with E-state index in [9.17, 15) is 4.79 Å². The molecule has 16 heavy (non-hydrogen) atoms. The molecule has 1 aromatic carbocycles. The van der Waals surface area contributed by atoms with E-state index in [0.717, 1.165) is 5.56 Å². The summed E-state index contributed by atoms with van der Waals surface area (Å²) in [7, 11) is 0. The third-order valence-corrected chi connectivity index (χ3v) is 3.07. The Hall–Kier alpha value is -1.61. The molecular formula is C13H12NOS. The smallest absolute Gasteiger partial charge is 0.217 e. The van der Waals surface area contributed by atoms with E-state index in [0.29, 0.717) is 6.54 Å². The van der Waals surface area contributed by atoms with Crippen LogP contribution in [0.3, 0.4) is 0 Å². The molecule has 3 heteroatoms. The van der Waals surface area contributed by atoms with E-state index in [2.05, 4.69) is 22.8 Å². The van der Waals surface area contributed by atoms with Crippen LogP contribution in [0.2, 0.25) is 0 Å². The Balaban J connectivity index is 2.17. The Kier molecular flexibility index (Phi) is 3.37. The second-order valence-electron chi connectivity index (χ2n) is 3.53. The first-order valence-electron chi connectivity index (χ1n) is 5.05. The maximum Gasteiger partial charge on any atom is 0.217 e. The summed E-state index contributed by atoms with van der Waals surface area (Å²) < 4.78 is 0. The van der Waals surface area contributed by atoms with E-state index in [1.165, 1.54) is 17.4 Å². The average molecular weight is 230 g/mol. The monoisotopic (exact) mass is 230 g/mol. The summed E-state index contributed by atoms with van der Waals surface area (Å²) in [5, 5.41) is 5.86. The van der Waals surface area contributed by atoms with Gasteiger partial charge in [-0.15, -0.1) is 11.3 Å². The highest BCUT2D eigenvalue weighted by Crippen LogP contribution is 2.24. The van der Waals surface area contributed by atoms with Gasteiger partial charge >= 0.3 is 0 Å². The summed E-state index contributed by atoms with van der Waals surface area (Å²) in [5.41, 5.74) is 2.29. The zero-order valence-electron chi connectivity index (χ0n) is 8.99. The summed E-state index contributed by atoms with van der Waals surface area (Å²) in [6, 6.07) is 12.1. The van der Waals surface area contributed by atoms with E-state index in [-0.39, 0.29) is 5.91 Å². The van der Waals surface area contributed by atoms with Gasteiger partial charge in [-0.3, -0.25) is 4.79 Å². The van der Waals surface area contributed by atoms with E-state index in [4.69, 9.17) is 0 Å². The molecule has 81 valence electrons. The Morgan fingerprint density at radius 1 is 1.44 bits per heavy atom. The fourth-order valence-corrected chi connectivity index (χ4v) is 2.10. The van der Waals surface area contributed by atoms with E-state index < -0.39 is 0 Å². The van der Waals surface area contributed by atoms with Gasteiger partial charge in [-0.25, -0.2) is 0 Å². The second-order valence-corrected chi connectivity index (χ2v) is 4.41. The average Bonchev–Trinajstić information content (AvgIpc) is 2.80. The van der Waals surface area contributed by atoms with Crippen LogP contribution in [-0.4, -0.2) is 5.91 Å². The molecule has 0 aliphatic rings. The van der Waals surface area contributed by atoms with E-state index in [1.54, 1.807) is 11.3 Å². The van der Waals surface area contributed by atoms with Crippen molar-refractivity contribution in [3.05, 3.63) is 47.3 Å². The van der Waals surface area contributed by atoms with Gasteiger partial charge in [0.05, 0.1) is 0 Å². The molecule has 0 bridgehead atoms. The Morgan fingerprint density at radius 3 is 3.00 bits per heavy atom. The van der Waals surface area contributed by atoms with Gasteiger partial charge in [0.1, 0.15) is 0 Å². The number of hydrogen-bond acceptors (Lipinski definition) is 2. The lowest BCUT2D eigenvalue weighted by Gasteiger charge is -2.04. The lowest BCUT2D eigenvalue weighted by Crippen LogP contribution is -2.18. The standard InChI is InChI=1S/C13H12NOS/c1-10(15)14-9-11-4-2-5-12(8-11)13-6-3-7-16-13/h2-6,8H,9H2,1H3,(H,14,15). The van der Waals surface area contributed by atoms with Crippen LogP contribution in [0.5, 0.6) is 0 Å². The van der Waals surface area contributed by atoms with Gasteiger partial charge in [-0.05, 0) is 29.3 Å². The molecule has 2 aromatic rings. The van der Waals surface area contributed by atoms with Crippen LogP contribution in [0.4, 0.5) is 0 Å². The predicted octanol–water partition coefficient (Wildman–Crippen LogP) is 2.85. The first kappa shape index (κ1) is 10.9. The Morgan fingerprint density at radius 2 is 2.31 bits per heavy atom. The highest BCUT2D eigenvalue weighted by atomic mass is 32.1. The number of hydrogen-bond donors (Lipinski definition) is 1. The zero-order valence-corrected chi connectivity index (χ0v) is 9.80. The minimum absolute atomic E-state index is 0.00476. The summed E-state index contributed by atoms with van der Waals surface area (Å²) in [5.74, 6) is -0.00476. The molecule has 1 N–H and O–H groups in total. The van der Waals surface area contributed by atoms with Crippen molar-refractivity contribution < 1.29 is 4.79 Å². The Bertz CT molecular complexity index is 476. The third kappa shape index (κ3) is 2.70. The summed E-state index contributed by atoms with van der Waals surface area (Å²) >= 11 is 1.60. The molecule has 0 saturated heterocycles. The SMILES string of the molecule is CC(=O)NCc1cccc(-c2cc[c]s2)c1. The maximum atomic E-state index is 10.8. The van der Waals surface area contributed by atoms with E-state index in [1.807, 2.05) is 24.3 Å². The van der Waals surface area contributed by atoms with E-state index >= 15 is 0 Å². The van der Waals surface area contributed by atoms with Crippen LogP contribution in [-0.2, 0) is 11.3 Å². The normalized spacial score (nSPS) is 10.1. The second kappa shape index (κ2) is 4.94. The van der Waals surface area contributed by atoms with Crippen molar-refractivity contribution >= 4 is 17.2 Å². The molecule has 2 rings (SSSR count). The van der Waals surface area contributed by atoms with Gasteiger partial charge in [0, 0.05) is 23.7 Å². The van der Waals surface area contributed by atoms with Gasteiger partial charge in [0.25, 0.3) is 0 Å². The molecule has 0 aliphatic carbocycles. The number of carbonyl (C=O) groups excluding carboxylic acids is 1. The van der Waals surface area contributed by atoms with Crippen LogP contribution >= 0.6 is 11.3 Å². The third-order valence-electron chi connectivity index (χ3n) is 2.22. The van der Waals surface area contributed by atoms with Crippen molar-refractivity contribution in [1.29, 1.82) is 0 Å². The number of carbonyl (C=O) groups is 1. The fraction of sp³-hybridized carbons (Fsp3) is 0.154. The molecule has 0 spiro atoms. The van der Waals surface area contributed by atoms with Gasteiger partial charge in [0.15, 0.2) is 0 Å². The predicted molar refractivity (Wildman–Crippen MR) is 66.1 cm³/mol. The molecule has 2 nitrogen and oxygen atoms in total. The molecule has 0 unspecified atom stereocenters. The first-order chi connectivity index (χ1) is 7.75. The lowest BCUT2D eigenvalue weighted by molar-refractivity contribution is -0.119. The van der Waals surface area contributed by atoms with Crippen molar-refractivity contribution in [3.63, 3.8) is 0 Å². The molecule has 1 amide bonds. The van der Waals surface area contributed by atoms with Crippen molar-refractivity contribution in [3.8, 4) is 10.4 Å². The maximum absolute atomic E-state index is 10.8.